The van der Waals surface area contributed by atoms with Crippen LogP contribution in [0.4, 0.5) is 21.5 Å². The second kappa shape index (κ2) is 11.0. The topological polar surface area (TPSA) is 60.6 Å². The maximum Gasteiger partial charge on any atom is 0.140 e. The Morgan fingerprint density at radius 1 is 1.30 bits per heavy atom. The van der Waals surface area contributed by atoms with Crippen molar-refractivity contribution >= 4 is 52.4 Å². The number of nitrogens with one attached hydrogen (secondary N) is 4. The molecule has 0 saturated carbocycles. The molecule has 1 aliphatic heterocycles. The fourth-order valence-electron chi connectivity index (χ4n) is 2.77. The Bertz CT molecular complexity index is 894. The van der Waals surface area contributed by atoms with Gasteiger partial charge in [-0.05, 0) is 42.6 Å². The van der Waals surface area contributed by atoms with Crippen molar-refractivity contribution in [2.75, 3.05) is 44.5 Å². The van der Waals surface area contributed by atoms with Crippen molar-refractivity contribution < 1.29 is 9.13 Å². The molecule has 2 aromatic rings. The zero-order valence-corrected chi connectivity index (χ0v) is 19.3. The van der Waals surface area contributed by atoms with Gasteiger partial charge in [0.15, 0.2) is 0 Å². The van der Waals surface area contributed by atoms with E-state index < -0.39 is 0 Å². The molecule has 0 bridgehead atoms. The maximum atomic E-state index is 14.7. The summed E-state index contributed by atoms with van der Waals surface area (Å²) in [6.07, 6.45) is 1.85. The van der Waals surface area contributed by atoms with Gasteiger partial charge < -0.3 is 25.6 Å². The number of anilines is 3. The van der Waals surface area contributed by atoms with Gasteiger partial charge in [-0.2, -0.15) is 0 Å². The smallest absolute Gasteiger partial charge is 0.140 e. The van der Waals surface area contributed by atoms with Gasteiger partial charge in [-0.25, -0.2) is 9.11 Å². The minimum atomic E-state index is -0.353. The first-order valence-corrected chi connectivity index (χ1v) is 11.4. The number of methoxy groups -OCH3 is 1. The van der Waals surface area contributed by atoms with Crippen molar-refractivity contribution in [2.45, 2.75) is 10.4 Å². The first kappa shape index (κ1) is 22.9. The molecular formula is C20H25ClFN5OS2. The average molecular weight is 470 g/mol. The fraction of sp³-hybridized carbons (Fsp3) is 0.300. The Hall–Kier alpha value is -1.78. The third-order valence-corrected chi connectivity index (χ3v) is 6.58. The van der Waals surface area contributed by atoms with Gasteiger partial charge in [-0.1, -0.05) is 23.4 Å². The molecular weight excluding hydrogens is 445 g/mol. The van der Waals surface area contributed by atoms with Gasteiger partial charge in [-0.15, -0.1) is 0 Å². The Morgan fingerprint density at radius 3 is 2.83 bits per heavy atom. The van der Waals surface area contributed by atoms with Gasteiger partial charge in [0.2, 0.25) is 0 Å². The summed E-state index contributed by atoms with van der Waals surface area (Å²) < 4.78 is 23.2. The molecule has 162 valence electrons. The van der Waals surface area contributed by atoms with Crippen LogP contribution in [0.1, 0.15) is 0 Å². The number of ether oxygens (including phenoxy) is 1. The Balaban J connectivity index is 1.78. The predicted octanol–water partition coefficient (Wildman–Crippen LogP) is 4.57. The highest BCUT2D eigenvalue weighted by atomic mass is 35.5. The summed E-state index contributed by atoms with van der Waals surface area (Å²) >= 11 is 9.25. The Morgan fingerprint density at radius 2 is 2.13 bits per heavy atom. The normalized spacial score (nSPS) is 15.2. The van der Waals surface area contributed by atoms with E-state index in [1.54, 1.807) is 24.9 Å². The van der Waals surface area contributed by atoms with E-state index in [0.29, 0.717) is 15.6 Å². The van der Waals surface area contributed by atoms with Crippen LogP contribution in [0.2, 0.25) is 5.02 Å². The summed E-state index contributed by atoms with van der Waals surface area (Å²) in [7, 11) is 5.54. The number of rotatable bonds is 10. The van der Waals surface area contributed by atoms with Crippen LogP contribution in [0.25, 0.3) is 0 Å². The van der Waals surface area contributed by atoms with E-state index in [1.807, 2.05) is 43.9 Å². The van der Waals surface area contributed by atoms with Gasteiger partial charge in [0.1, 0.15) is 17.1 Å². The minimum absolute atomic E-state index is 0.000909. The number of halogens is 2. The van der Waals surface area contributed by atoms with Crippen molar-refractivity contribution in [3.8, 4) is 5.75 Å². The fourth-order valence-corrected chi connectivity index (χ4v) is 4.52. The monoisotopic (exact) mass is 469 g/mol. The first-order chi connectivity index (χ1) is 14.5. The number of hydrogen-bond acceptors (Lipinski definition) is 8. The number of thioether (sulfide) groups is 1. The van der Waals surface area contributed by atoms with Crippen LogP contribution >= 0.6 is 35.3 Å². The van der Waals surface area contributed by atoms with E-state index in [4.69, 9.17) is 16.3 Å². The van der Waals surface area contributed by atoms with E-state index >= 15 is 0 Å². The van der Waals surface area contributed by atoms with Crippen molar-refractivity contribution in [1.82, 2.24) is 15.4 Å². The minimum Gasteiger partial charge on any atom is -0.497 e. The summed E-state index contributed by atoms with van der Waals surface area (Å²) in [6, 6.07) is 8.74. The molecule has 0 fully saturated rings. The molecule has 1 aliphatic rings. The van der Waals surface area contributed by atoms with Gasteiger partial charge in [0.05, 0.1) is 34.1 Å². The molecule has 30 heavy (non-hydrogen) atoms. The second-order valence-electron chi connectivity index (χ2n) is 6.50. The van der Waals surface area contributed by atoms with Crippen LogP contribution in [-0.4, -0.2) is 39.8 Å². The number of nitrogens with zero attached hydrogens (tertiary/aromatic N) is 1. The van der Waals surface area contributed by atoms with E-state index in [0.717, 1.165) is 30.2 Å². The lowest BCUT2D eigenvalue weighted by atomic mass is 10.2. The molecule has 0 radical (unpaired) electrons. The summed E-state index contributed by atoms with van der Waals surface area (Å²) in [6.45, 7) is 1.62. The molecule has 10 heteroatoms. The van der Waals surface area contributed by atoms with E-state index in [1.165, 1.54) is 18.0 Å². The van der Waals surface area contributed by atoms with Gasteiger partial charge in [0.25, 0.3) is 0 Å². The molecule has 0 amide bonds. The van der Waals surface area contributed by atoms with E-state index in [-0.39, 0.29) is 11.3 Å². The molecule has 1 unspecified atom stereocenters. The molecule has 0 saturated heterocycles. The zero-order chi connectivity index (χ0) is 21.5. The number of benzene rings is 2. The molecule has 1 heterocycles. The summed E-state index contributed by atoms with van der Waals surface area (Å²) in [5.41, 5.74) is 2.24. The first-order valence-electron chi connectivity index (χ1n) is 9.30. The lowest BCUT2D eigenvalue weighted by molar-refractivity contribution is 0.415. The summed E-state index contributed by atoms with van der Waals surface area (Å²) in [5, 5.41) is 11.9. The standard InChI is InChI=1S/C20H25ClFN5OS2/c1-23-6-8-27(2)18-10-13(28-3)4-5-16(18)25-17-12-15(22)19(11-14(17)21)30-26-20-24-7-9-29-20/h4-5,7,9-12,20,23-26H,6,8H2,1-3H3. The van der Waals surface area contributed by atoms with E-state index in [9.17, 15) is 4.39 Å². The van der Waals surface area contributed by atoms with E-state index in [2.05, 4.69) is 25.6 Å². The largest absolute Gasteiger partial charge is 0.497 e. The highest BCUT2D eigenvalue weighted by Gasteiger charge is 2.16. The molecule has 2 aromatic carbocycles. The Kier molecular flexibility index (Phi) is 8.41. The predicted molar refractivity (Wildman–Crippen MR) is 128 cm³/mol. The molecule has 0 aromatic heterocycles. The quantitative estimate of drug-likeness (QED) is 0.377. The van der Waals surface area contributed by atoms with Crippen molar-refractivity contribution in [3.63, 3.8) is 0 Å². The lowest BCUT2D eigenvalue weighted by Gasteiger charge is -2.24. The summed E-state index contributed by atoms with van der Waals surface area (Å²) in [5.74, 6) is 0.392. The molecule has 1 atom stereocenters. The molecule has 3 rings (SSSR count). The highest BCUT2D eigenvalue weighted by Crippen LogP contribution is 2.36. The van der Waals surface area contributed by atoms with Gasteiger partial charge in [0, 0.05) is 38.5 Å². The molecule has 6 nitrogen and oxygen atoms in total. The van der Waals surface area contributed by atoms with Crippen molar-refractivity contribution in [2.24, 2.45) is 0 Å². The van der Waals surface area contributed by atoms with Crippen LogP contribution < -0.4 is 30.3 Å². The number of likely N-dealkylation sites (N-methyl/N-ethyl adjacent to an activating group) is 2. The van der Waals surface area contributed by atoms with Crippen LogP contribution in [0.5, 0.6) is 5.75 Å². The summed E-state index contributed by atoms with van der Waals surface area (Å²) in [4.78, 5) is 2.53. The Labute approximate surface area is 190 Å². The number of hydrogen-bond donors (Lipinski definition) is 4. The van der Waals surface area contributed by atoms with Crippen molar-refractivity contribution in [1.29, 1.82) is 0 Å². The molecule has 4 N–H and O–H groups in total. The zero-order valence-electron chi connectivity index (χ0n) is 17.0. The average Bonchev–Trinajstić information content (AvgIpc) is 3.27. The second-order valence-corrected chi connectivity index (χ2v) is 8.80. The SMILES string of the molecule is CNCCN(C)c1cc(OC)ccc1Nc1cc(F)c(SNC2NC=CS2)cc1Cl. The lowest BCUT2D eigenvalue weighted by Crippen LogP contribution is -2.28. The van der Waals surface area contributed by atoms with Crippen molar-refractivity contribution in [3.05, 3.63) is 52.8 Å². The van der Waals surface area contributed by atoms with Gasteiger partial charge in [-0.3, -0.25) is 0 Å². The highest BCUT2D eigenvalue weighted by molar-refractivity contribution is 8.04. The molecule has 0 aliphatic carbocycles. The van der Waals surface area contributed by atoms with Crippen LogP contribution in [0, 0.1) is 5.82 Å². The van der Waals surface area contributed by atoms with Crippen LogP contribution in [0.3, 0.4) is 0 Å². The van der Waals surface area contributed by atoms with Crippen LogP contribution in [0.15, 0.2) is 46.8 Å². The molecule has 0 spiro atoms. The maximum absolute atomic E-state index is 14.7. The van der Waals surface area contributed by atoms with Crippen LogP contribution in [-0.2, 0) is 0 Å². The third kappa shape index (κ3) is 5.89. The van der Waals surface area contributed by atoms with Gasteiger partial charge >= 0.3 is 0 Å². The third-order valence-electron chi connectivity index (χ3n) is 4.41.